The maximum Gasteiger partial charge on any atom is 0.335 e. The summed E-state index contributed by atoms with van der Waals surface area (Å²) in [5.41, 5.74) is 7.88. The summed E-state index contributed by atoms with van der Waals surface area (Å²) in [5, 5.41) is 9.56. The first-order valence-corrected chi connectivity index (χ1v) is 13.2. The normalized spacial score (nSPS) is 16.5. The molecule has 2 aliphatic rings. The Labute approximate surface area is 223 Å². The molecule has 1 N–H and O–H groups in total. The van der Waals surface area contributed by atoms with Gasteiger partial charge in [-0.05, 0) is 102 Å². The van der Waals surface area contributed by atoms with Crippen LogP contribution in [0, 0.1) is 11.7 Å². The number of methoxy groups -OCH3 is 2. The van der Waals surface area contributed by atoms with Crippen LogP contribution in [0.15, 0.2) is 66.7 Å². The van der Waals surface area contributed by atoms with Crippen LogP contribution in [0.2, 0.25) is 0 Å². The molecule has 5 nitrogen and oxygen atoms in total. The SMILES string of the molecule is COC(OC)C1CCN(c2ccc(C3=C(c4ccc(F)cc4)CCCc4cc(C(=O)O)ccc43)cc2)CC1. The standard InChI is InChI=1S/C32H34FNO4/c1-37-32(38-2)23-16-18-34(19-17-23)27-13-8-22(9-14-27)30-28(21-6-11-26(33)12-7-21)5-3-4-24-20-25(31(35)36)10-15-29(24)30/h6-15,20,23,32H,3-5,16-19H2,1-2H3,(H,35,36). The summed E-state index contributed by atoms with van der Waals surface area (Å²) in [6.07, 6.45) is 4.37. The summed E-state index contributed by atoms with van der Waals surface area (Å²) in [4.78, 5) is 14.1. The van der Waals surface area contributed by atoms with Gasteiger partial charge in [-0.15, -0.1) is 0 Å². The number of aryl methyl sites for hydroxylation is 1. The molecule has 198 valence electrons. The molecule has 0 aromatic heterocycles. The second kappa shape index (κ2) is 11.5. The van der Waals surface area contributed by atoms with Gasteiger partial charge in [0.1, 0.15) is 5.82 Å². The maximum absolute atomic E-state index is 13.8. The lowest BCUT2D eigenvalue weighted by Gasteiger charge is -2.36. The van der Waals surface area contributed by atoms with Crippen molar-refractivity contribution in [3.8, 4) is 0 Å². The maximum atomic E-state index is 13.8. The van der Waals surface area contributed by atoms with E-state index in [2.05, 4.69) is 29.2 Å². The van der Waals surface area contributed by atoms with Gasteiger partial charge in [0.2, 0.25) is 0 Å². The molecule has 3 aromatic carbocycles. The number of aromatic carboxylic acids is 1. The number of carboxylic acids is 1. The lowest BCUT2D eigenvalue weighted by molar-refractivity contribution is -0.141. The van der Waals surface area contributed by atoms with Crippen molar-refractivity contribution in [2.75, 3.05) is 32.2 Å². The molecule has 0 amide bonds. The highest BCUT2D eigenvalue weighted by atomic mass is 19.1. The van der Waals surface area contributed by atoms with Crippen molar-refractivity contribution >= 4 is 22.8 Å². The average Bonchev–Trinajstić information content (AvgIpc) is 3.14. The summed E-state index contributed by atoms with van der Waals surface area (Å²) in [6, 6.07) is 20.8. The molecule has 1 aliphatic carbocycles. The van der Waals surface area contributed by atoms with Crippen LogP contribution < -0.4 is 4.90 Å². The van der Waals surface area contributed by atoms with E-state index in [1.807, 2.05) is 18.2 Å². The lowest BCUT2D eigenvalue weighted by atomic mass is 9.87. The molecule has 0 bridgehead atoms. The third kappa shape index (κ3) is 5.38. The van der Waals surface area contributed by atoms with Gasteiger partial charge in [0, 0.05) is 38.9 Å². The number of carboxylic acid groups (broad SMARTS) is 1. The van der Waals surface area contributed by atoms with Gasteiger partial charge in [0.25, 0.3) is 0 Å². The van der Waals surface area contributed by atoms with Crippen LogP contribution >= 0.6 is 0 Å². The summed E-state index contributed by atoms with van der Waals surface area (Å²) in [7, 11) is 3.39. The van der Waals surface area contributed by atoms with E-state index in [0.29, 0.717) is 11.5 Å². The van der Waals surface area contributed by atoms with Crippen molar-refractivity contribution in [3.63, 3.8) is 0 Å². The Morgan fingerprint density at radius 2 is 1.58 bits per heavy atom. The van der Waals surface area contributed by atoms with Gasteiger partial charge in [0.05, 0.1) is 5.56 Å². The van der Waals surface area contributed by atoms with E-state index in [1.54, 1.807) is 26.4 Å². The molecule has 3 aromatic rings. The molecule has 1 fully saturated rings. The van der Waals surface area contributed by atoms with Gasteiger partial charge in [0.15, 0.2) is 6.29 Å². The molecule has 0 saturated carbocycles. The van der Waals surface area contributed by atoms with Crippen LogP contribution in [-0.2, 0) is 15.9 Å². The topological polar surface area (TPSA) is 59.0 Å². The Morgan fingerprint density at radius 3 is 2.21 bits per heavy atom. The molecule has 0 atom stereocenters. The molecule has 1 aliphatic heterocycles. The fraction of sp³-hybridized carbons (Fsp3) is 0.344. The van der Waals surface area contributed by atoms with Crippen molar-refractivity contribution < 1.29 is 23.8 Å². The van der Waals surface area contributed by atoms with Crippen molar-refractivity contribution in [3.05, 3.63) is 100 Å². The summed E-state index contributed by atoms with van der Waals surface area (Å²) >= 11 is 0. The number of anilines is 1. The van der Waals surface area contributed by atoms with Crippen LogP contribution in [-0.4, -0.2) is 44.7 Å². The van der Waals surface area contributed by atoms with Crippen LogP contribution in [0.3, 0.4) is 0 Å². The molecule has 6 heteroatoms. The Hall–Kier alpha value is -3.48. The predicted octanol–water partition coefficient (Wildman–Crippen LogP) is 6.65. The highest BCUT2D eigenvalue weighted by molar-refractivity contribution is 6.00. The number of hydrogen-bond donors (Lipinski definition) is 1. The van der Waals surface area contributed by atoms with Crippen molar-refractivity contribution in [1.82, 2.24) is 0 Å². The second-order valence-electron chi connectivity index (χ2n) is 10.1. The fourth-order valence-corrected chi connectivity index (χ4v) is 5.94. The van der Waals surface area contributed by atoms with Crippen LogP contribution in [0.25, 0.3) is 11.1 Å². The minimum atomic E-state index is -0.920. The monoisotopic (exact) mass is 515 g/mol. The third-order valence-electron chi connectivity index (χ3n) is 7.90. The first-order chi connectivity index (χ1) is 18.5. The Kier molecular flexibility index (Phi) is 7.91. The van der Waals surface area contributed by atoms with E-state index in [4.69, 9.17) is 9.47 Å². The van der Waals surface area contributed by atoms with E-state index in [0.717, 1.165) is 78.6 Å². The number of ether oxygens (including phenoxy) is 2. The number of benzene rings is 3. The smallest absolute Gasteiger partial charge is 0.335 e. The predicted molar refractivity (Wildman–Crippen MR) is 148 cm³/mol. The van der Waals surface area contributed by atoms with Gasteiger partial charge in [-0.1, -0.05) is 30.3 Å². The quantitative estimate of drug-likeness (QED) is 0.357. The first kappa shape index (κ1) is 26.1. The number of allylic oxidation sites excluding steroid dienone is 1. The Balaban J connectivity index is 1.50. The number of carbonyl (C=O) groups is 1. The fourth-order valence-electron chi connectivity index (χ4n) is 5.94. The van der Waals surface area contributed by atoms with Crippen molar-refractivity contribution in [1.29, 1.82) is 0 Å². The summed E-state index contributed by atoms with van der Waals surface area (Å²) in [6.45, 7) is 1.88. The molecular weight excluding hydrogens is 481 g/mol. The van der Waals surface area contributed by atoms with Crippen molar-refractivity contribution in [2.45, 2.75) is 38.4 Å². The molecule has 0 spiro atoms. The molecule has 1 saturated heterocycles. The van der Waals surface area contributed by atoms with Gasteiger partial charge < -0.3 is 19.5 Å². The van der Waals surface area contributed by atoms with Gasteiger partial charge in [-0.25, -0.2) is 9.18 Å². The number of rotatable bonds is 7. The molecule has 38 heavy (non-hydrogen) atoms. The van der Waals surface area contributed by atoms with E-state index in [9.17, 15) is 14.3 Å². The Morgan fingerprint density at radius 1 is 0.921 bits per heavy atom. The zero-order chi connectivity index (χ0) is 26.6. The molecule has 5 rings (SSSR count). The molecule has 1 heterocycles. The number of fused-ring (bicyclic) bond motifs is 1. The zero-order valence-corrected chi connectivity index (χ0v) is 22.0. The van der Waals surface area contributed by atoms with Crippen LogP contribution in [0.1, 0.15) is 58.3 Å². The number of hydrogen-bond acceptors (Lipinski definition) is 4. The van der Waals surface area contributed by atoms with Gasteiger partial charge in [-0.2, -0.15) is 0 Å². The van der Waals surface area contributed by atoms with Crippen LogP contribution in [0.5, 0.6) is 0 Å². The lowest BCUT2D eigenvalue weighted by Crippen LogP contribution is -2.39. The molecular formula is C32H34FNO4. The van der Waals surface area contributed by atoms with E-state index >= 15 is 0 Å². The highest BCUT2D eigenvalue weighted by Gasteiger charge is 2.27. The van der Waals surface area contributed by atoms with Gasteiger partial charge in [-0.3, -0.25) is 0 Å². The minimum Gasteiger partial charge on any atom is -0.478 e. The Bertz CT molecular complexity index is 1300. The van der Waals surface area contributed by atoms with E-state index in [-0.39, 0.29) is 12.1 Å². The van der Waals surface area contributed by atoms with Crippen molar-refractivity contribution in [2.24, 2.45) is 5.92 Å². The second-order valence-corrected chi connectivity index (χ2v) is 10.1. The first-order valence-electron chi connectivity index (χ1n) is 13.2. The van der Waals surface area contributed by atoms with E-state index in [1.165, 1.54) is 17.8 Å². The van der Waals surface area contributed by atoms with Gasteiger partial charge >= 0.3 is 5.97 Å². The number of nitrogens with zero attached hydrogens (tertiary/aromatic N) is 1. The van der Waals surface area contributed by atoms with E-state index < -0.39 is 5.97 Å². The summed E-state index contributed by atoms with van der Waals surface area (Å²) < 4.78 is 24.7. The molecule has 0 radical (unpaired) electrons. The zero-order valence-electron chi connectivity index (χ0n) is 22.0. The summed E-state index contributed by atoms with van der Waals surface area (Å²) in [5.74, 6) is -0.787. The number of piperidine rings is 1. The average molecular weight is 516 g/mol. The number of halogens is 1. The highest BCUT2D eigenvalue weighted by Crippen LogP contribution is 2.40. The largest absolute Gasteiger partial charge is 0.478 e. The molecule has 0 unspecified atom stereocenters. The third-order valence-corrected chi connectivity index (χ3v) is 7.90. The minimum absolute atomic E-state index is 0.159. The van der Waals surface area contributed by atoms with Crippen LogP contribution in [0.4, 0.5) is 10.1 Å².